The second kappa shape index (κ2) is 4.98. The van der Waals surface area contributed by atoms with Crippen LogP contribution in [0.2, 0.25) is 5.02 Å². The molecule has 0 atom stereocenters. The van der Waals surface area contributed by atoms with Crippen molar-refractivity contribution in [3.8, 4) is 5.75 Å². The number of halogens is 1. The second-order valence-electron chi connectivity index (χ2n) is 4.29. The summed E-state index contributed by atoms with van der Waals surface area (Å²) in [5.74, 6) is -0.263. The lowest BCUT2D eigenvalue weighted by Gasteiger charge is -2.15. The van der Waals surface area contributed by atoms with Gasteiger partial charge in [0.2, 0.25) is 0 Å². The van der Waals surface area contributed by atoms with Crippen LogP contribution in [0.15, 0.2) is 48.5 Å². The molecule has 20 heavy (non-hydrogen) atoms. The molecule has 1 aliphatic heterocycles. The van der Waals surface area contributed by atoms with Crippen LogP contribution >= 0.6 is 11.6 Å². The van der Waals surface area contributed by atoms with Gasteiger partial charge in [-0.05, 0) is 24.3 Å². The maximum absolute atomic E-state index is 12.1. The Morgan fingerprint density at radius 2 is 1.45 bits per heavy atom. The maximum Gasteiger partial charge on any atom is 0.264 e. The van der Waals surface area contributed by atoms with E-state index < -0.39 is 0 Å². The van der Waals surface area contributed by atoms with Crippen molar-refractivity contribution in [3.05, 3.63) is 64.7 Å². The lowest BCUT2D eigenvalue weighted by molar-refractivity contribution is 0.0522. The smallest absolute Gasteiger partial charge is 0.264 e. The average Bonchev–Trinajstić information content (AvgIpc) is 2.71. The summed E-state index contributed by atoms with van der Waals surface area (Å²) < 4.78 is 5.45. The lowest BCUT2D eigenvalue weighted by atomic mass is 10.1. The predicted molar refractivity (Wildman–Crippen MR) is 73.9 cm³/mol. The first-order chi connectivity index (χ1) is 9.68. The predicted octanol–water partition coefficient (Wildman–Crippen LogP) is 2.97. The second-order valence-corrected chi connectivity index (χ2v) is 4.69. The Morgan fingerprint density at radius 3 is 2.05 bits per heavy atom. The summed E-state index contributed by atoms with van der Waals surface area (Å²) in [6.07, 6.45) is 0. The number of carbonyl (C=O) groups is 2. The molecule has 1 aliphatic rings. The highest BCUT2D eigenvalue weighted by Gasteiger charge is 2.35. The van der Waals surface area contributed by atoms with Crippen LogP contribution in [0.3, 0.4) is 0 Å². The van der Waals surface area contributed by atoms with Gasteiger partial charge in [0.1, 0.15) is 5.75 Å². The van der Waals surface area contributed by atoms with Crippen LogP contribution in [0.25, 0.3) is 0 Å². The molecule has 0 saturated heterocycles. The zero-order chi connectivity index (χ0) is 14.1. The first-order valence-corrected chi connectivity index (χ1v) is 6.39. The number of ether oxygens (including phenoxy) is 1. The minimum absolute atomic E-state index is 0.157. The number of hydrogen-bond donors (Lipinski definition) is 0. The third-order valence-electron chi connectivity index (χ3n) is 3.06. The summed E-state index contributed by atoms with van der Waals surface area (Å²) in [6.45, 7) is -0.157. The van der Waals surface area contributed by atoms with E-state index in [-0.39, 0.29) is 18.5 Å². The van der Waals surface area contributed by atoms with Crippen LogP contribution in [-0.4, -0.2) is 23.4 Å². The van der Waals surface area contributed by atoms with E-state index in [4.69, 9.17) is 16.3 Å². The Hall–Kier alpha value is -2.33. The van der Waals surface area contributed by atoms with E-state index in [2.05, 4.69) is 0 Å². The van der Waals surface area contributed by atoms with E-state index in [1.54, 1.807) is 48.5 Å². The normalized spacial score (nSPS) is 13.6. The van der Waals surface area contributed by atoms with Gasteiger partial charge in [-0.25, -0.2) is 4.90 Å². The van der Waals surface area contributed by atoms with Crippen molar-refractivity contribution in [1.82, 2.24) is 4.90 Å². The fourth-order valence-corrected chi connectivity index (χ4v) is 2.24. The van der Waals surface area contributed by atoms with Gasteiger partial charge in [-0.2, -0.15) is 0 Å². The molecule has 0 N–H and O–H groups in total. The van der Waals surface area contributed by atoms with Gasteiger partial charge >= 0.3 is 0 Å². The first kappa shape index (κ1) is 12.7. The molecule has 2 aromatic carbocycles. The third-order valence-corrected chi connectivity index (χ3v) is 3.38. The number of nitrogens with zero attached hydrogens (tertiary/aromatic N) is 1. The van der Waals surface area contributed by atoms with Crippen LogP contribution in [0.4, 0.5) is 0 Å². The summed E-state index contributed by atoms with van der Waals surface area (Å²) in [4.78, 5) is 25.3. The van der Waals surface area contributed by atoms with Gasteiger partial charge in [-0.3, -0.25) is 9.59 Å². The molecule has 3 rings (SSSR count). The van der Waals surface area contributed by atoms with Crippen molar-refractivity contribution >= 4 is 23.4 Å². The highest BCUT2D eigenvalue weighted by atomic mass is 35.5. The SMILES string of the molecule is O=C1c2ccccc2C(=O)N1COc1ccccc1Cl. The molecule has 0 aliphatic carbocycles. The Balaban J connectivity index is 1.79. The van der Waals surface area contributed by atoms with Crippen molar-refractivity contribution < 1.29 is 14.3 Å². The zero-order valence-corrected chi connectivity index (χ0v) is 11.1. The fraction of sp³-hybridized carbons (Fsp3) is 0.0667. The Bertz CT molecular complexity index is 664. The molecule has 4 nitrogen and oxygen atoms in total. The van der Waals surface area contributed by atoms with Crippen molar-refractivity contribution in [2.75, 3.05) is 6.73 Å². The standard InChI is InChI=1S/C15H10ClNO3/c16-12-7-3-4-8-13(12)20-9-17-14(18)10-5-1-2-6-11(10)15(17)19/h1-8H,9H2. The molecule has 0 aromatic heterocycles. The van der Waals surface area contributed by atoms with Crippen molar-refractivity contribution in [3.63, 3.8) is 0 Å². The Labute approximate surface area is 120 Å². The minimum Gasteiger partial charge on any atom is -0.471 e. The molecular weight excluding hydrogens is 278 g/mol. The van der Waals surface area contributed by atoms with E-state index in [0.29, 0.717) is 21.9 Å². The van der Waals surface area contributed by atoms with E-state index in [1.165, 1.54) is 0 Å². The topological polar surface area (TPSA) is 46.6 Å². The van der Waals surface area contributed by atoms with Crippen LogP contribution in [0.1, 0.15) is 20.7 Å². The number of para-hydroxylation sites is 1. The van der Waals surface area contributed by atoms with E-state index in [9.17, 15) is 9.59 Å². The monoisotopic (exact) mass is 287 g/mol. The summed E-state index contributed by atoms with van der Waals surface area (Å²) in [5.41, 5.74) is 0.806. The van der Waals surface area contributed by atoms with Crippen LogP contribution in [0.5, 0.6) is 5.75 Å². The summed E-state index contributed by atoms with van der Waals surface area (Å²) in [7, 11) is 0. The highest BCUT2D eigenvalue weighted by molar-refractivity contribution is 6.32. The number of fused-ring (bicyclic) bond motifs is 1. The molecule has 2 aromatic rings. The lowest BCUT2D eigenvalue weighted by Crippen LogP contribution is -2.33. The number of amides is 2. The third kappa shape index (κ3) is 2.04. The maximum atomic E-state index is 12.1. The van der Waals surface area contributed by atoms with E-state index >= 15 is 0 Å². The van der Waals surface area contributed by atoms with Crippen molar-refractivity contribution in [2.45, 2.75) is 0 Å². The van der Waals surface area contributed by atoms with Crippen molar-refractivity contribution in [2.24, 2.45) is 0 Å². The van der Waals surface area contributed by atoms with Crippen molar-refractivity contribution in [1.29, 1.82) is 0 Å². The quantitative estimate of drug-likeness (QED) is 0.815. The molecule has 0 spiro atoms. The van der Waals surface area contributed by atoms with E-state index in [0.717, 1.165) is 4.90 Å². The number of benzene rings is 2. The molecule has 1 heterocycles. The largest absolute Gasteiger partial charge is 0.471 e. The number of imide groups is 1. The van der Waals surface area contributed by atoms with Gasteiger partial charge in [-0.1, -0.05) is 35.9 Å². The number of rotatable bonds is 3. The molecule has 100 valence electrons. The molecule has 0 fully saturated rings. The first-order valence-electron chi connectivity index (χ1n) is 6.01. The van der Waals surface area contributed by atoms with Gasteiger partial charge in [0.25, 0.3) is 11.8 Å². The Kier molecular flexibility index (Phi) is 3.16. The Morgan fingerprint density at radius 1 is 0.900 bits per heavy atom. The molecule has 0 unspecified atom stereocenters. The molecule has 2 amide bonds. The molecular formula is C15H10ClNO3. The fourth-order valence-electron chi connectivity index (χ4n) is 2.05. The molecule has 0 radical (unpaired) electrons. The van der Waals surface area contributed by atoms with Crippen LogP contribution in [0, 0.1) is 0 Å². The van der Waals surface area contributed by atoms with Gasteiger partial charge in [0.05, 0.1) is 16.1 Å². The van der Waals surface area contributed by atoms with Crippen LogP contribution in [-0.2, 0) is 0 Å². The van der Waals surface area contributed by atoms with Gasteiger partial charge in [-0.15, -0.1) is 0 Å². The van der Waals surface area contributed by atoms with Gasteiger partial charge < -0.3 is 4.74 Å². The van der Waals surface area contributed by atoms with Gasteiger partial charge in [0.15, 0.2) is 6.73 Å². The van der Waals surface area contributed by atoms with Gasteiger partial charge in [0, 0.05) is 0 Å². The number of carbonyl (C=O) groups excluding carboxylic acids is 2. The van der Waals surface area contributed by atoms with Crippen LogP contribution < -0.4 is 4.74 Å². The number of hydrogen-bond acceptors (Lipinski definition) is 3. The molecule has 0 saturated carbocycles. The summed E-state index contributed by atoms with van der Waals surface area (Å²) >= 11 is 5.96. The van der Waals surface area contributed by atoms with E-state index in [1.807, 2.05) is 0 Å². The minimum atomic E-state index is -0.349. The highest BCUT2D eigenvalue weighted by Crippen LogP contribution is 2.26. The summed E-state index contributed by atoms with van der Waals surface area (Å²) in [6, 6.07) is 13.6. The zero-order valence-electron chi connectivity index (χ0n) is 10.4. The average molecular weight is 288 g/mol. The molecule has 5 heteroatoms. The summed E-state index contributed by atoms with van der Waals surface area (Å²) in [5, 5.41) is 0.434. The molecule has 0 bridgehead atoms.